The molecule has 0 unspecified atom stereocenters. The third-order valence-corrected chi connectivity index (χ3v) is 8.06. The van der Waals surface area contributed by atoms with Crippen LogP contribution in [0.3, 0.4) is 0 Å². The van der Waals surface area contributed by atoms with Crippen molar-refractivity contribution in [2.45, 2.75) is 43.8 Å². The first-order valence-corrected chi connectivity index (χ1v) is 15.8. The molecule has 52 heavy (non-hydrogen) atoms. The number of carbonyl (C=O) groups excluding carboxylic acids is 1. The van der Waals surface area contributed by atoms with Crippen molar-refractivity contribution in [2.75, 3.05) is 13.2 Å². The van der Waals surface area contributed by atoms with Crippen LogP contribution < -0.4 is 15.6 Å². The van der Waals surface area contributed by atoms with Crippen LogP contribution in [0.5, 0.6) is 5.75 Å². The second-order valence-corrected chi connectivity index (χ2v) is 11.5. The average Bonchev–Trinajstić information content (AvgIpc) is 3.51. The molecule has 0 bridgehead atoms. The predicted octanol–water partition coefficient (Wildman–Crippen LogP) is 7.68. The van der Waals surface area contributed by atoms with Crippen LogP contribution in [0.1, 0.15) is 45.9 Å². The minimum atomic E-state index is -4.80. The molecule has 1 aliphatic heterocycles. The Balaban J connectivity index is 1.60. The van der Waals surface area contributed by atoms with Gasteiger partial charge in [-0.25, -0.2) is 14.8 Å². The third kappa shape index (κ3) is 8.78. The summed E-state index contributed by atoms with van der Waals surface area (Å²) in [5, 5.41) is 16.6. The Bertz CT molecular complexity index is 2030. The fraction of sp³-hybridized carbons (Fsp3) is 0.257. The molecule has 0 spiro atoms. The summed E-state index contributed by atoms with van der Waals surface area (Å²) in [5.41, 5.74) is 22.4. The maximum Gasteiger partial charge on any atom is 0.416 e. The predicted molar refractivity (Wildman–Crippen MR) is 181 cm³/mol. The summed E-state index contributed by atoms with van der Waals surface area (Å²) >= 11 is 0. The Labute approximate surface area is 294 Å². The number of azide groups is 2. The van der Waals surface area contributed by atoms with Gasteiger partial charge in [0, 0.05) is 47.1 Å². The standard InChI is InChI=1S/C35H31F4N9O4/c36-27-17-22(16-26(18-27)35(37,38)39)20-42-46-33(50)34(19-24-6-2-4-9-30(24)45-48-41)31(29-8-3-1-7-25(29)21-43-47-40)52-32(44-34)23-10-12-28(13-11-23)51-15-5-14-49/h1-4,6-13,16-18,31,42,49H,5,14-15,19-21H2,(H,46,50)/t31-,34-/m0/s1. The number of nitrogens with one attached hydrogen (secondary N) is 2. The summed E-state index contributed by atoms with van der Waals surface area (Å²) in [5.74, 6) is -1.35. The summed E-state index contributed by atoms with van der Waals surface area (Å²) in [4.78, 5) is 25.2. The molecule has 0 fully saturated rings. The lowest BCUT2D eigenvalue weighted by Crippen LogP contribution is -2.53. The van der Waals surface area contributed by atoms with E-state index in [1.165, 1.54) is 0 Å². The zero-order valence-corrected chi connectivity index (χ0v) is 27.3. The van der Waals surface area contributed by atoms with Crippen molar-refractivity contribution in [3.63, 3.8) is 0 Å². The second-order valence-electron chi connectivity index (χ2n) is 11.5. The fourth-order valence-corrected chi connectivity index (χ4v) is 5.65. The van der Waals surface area contributed by atoms with Crippen LogP contribution in [-0.4, -0.2) is 35.7 Å². The number of alkyl halides is 3. The lowest BCUT2D eigenvalue weighted by molar-refractivity contribution is -0.138. The normalized spacial score (nSPS) is 16.6. The summed E-state index contributed by atoms with van der Waals surface area (Å²) < 4.78 is 66.4. The largest absolute Gasteiger partial charge is 0.494 e. The summed E-state index contributed by atoms with van der Waals surface area (Å²) in [6, 6.07) is 22.0. The molecule has 13 nitrogen and oxygen atoms in total. The molecule has 0 aromatic heterocycles. The van der Waals surface area contributed by atoms with Crippen molar-refractivity contribution in [2.24, 2.45) is 15.2 Å². The first-order valence-electron chi connectivity index (χ1n) is 15.8. The van der Waals surface area contributed by atoms with Crippen molar-refractivity contribution in [3.8, 4) is 5.75 Å². The molecule has 1 amide bonds. The highest BCUT2D eigenvalue weighted by Crippen LogP contribution is 2.45. The SMILES string of the molecule is [N-]=[N+]=NCc1ccccc1[C@@H]1OC(c2ccc(OCCCO)cc2)=N[C@]1(Cc1ccccc1N=[N+]=[N-])C(=O)NNCc1cc(F)cc(C(F)(F)F)c1. The molecule has 268 valence electrons. The van der Waals surface area contributed by atoms with E-state index in [0.717, 1.165) is 12.1 Å². The number of halogens is 4. The van der Waals surface area contributed by atoms with E-state index in [9.17, 15) is 27.9 Å². The highest BCUT2D eigenvalue weighted by atomic mass is 19.4. The van der Waals surface area contributed by atoms with E-state index in [1.54, 1.807) is 72.8 Å². The van der Waals surface area contributed by atoms with Gasteiger partial charge in [0.1, 0.15) is 11.6 Å². The highest BCUT2D eigenvalue weighted by Gasteiger charge is 2.54. The van der Waals surface area contributed by atoms with Gasteiger partial charge in [-0.2, -0.15) is 13.2 Å². The minimum Gasteiger partial charge on any atom is -0.494 e. The lowest BCUT2D eigenvalue weighted by Gasteiger charge is -2.32. The summed E-state index contributed by atoms with van der Waals surface area (Å²) in [6.45, 7) is -0.255. The molecular formula is C35H31F4N9O4. The zero-order valence-electron chi connectivity index (χ0n) is 27.3. The number of aliphatic hydroxyl groups excluding tert-OH is 1. The molecule has 0 aliphatic carbocycles. The number of amides is 1. The molecule has 4 aromatic carbocycles. The summed E-state index contributed by atoms with van der Waals surface area (Å²) in [6.07, 6.45) is -5.77. The number of rotatable bonds is 15. The van der Waals surface area contributed by atoms with Gasteiger partial charge >= 0.3 is 6.18 Å². The van der Waals surface area contributed by atoms with E-state index >= 15 is 0 Å². The van der Waals surface area contributed by atoms with E-state index in [-0.39, 0.29) is 43.3 Å². The van der Waals surface area contributed by atoms with Crippen LogP contribution in [-0.2, 0) is 35.2 Å². The number of carbonyl (C=O) groups is 1. The summed E-state index contributed by atoms with van der Waals surface area (Å²) in [7, 11) is 0. The van der Waals surface area contributed by atoms with Crippen molar-refractivity contribution < 1.29 is 36.9 Å². The van der Waals surface area contributed by atoms with E-state index < -0.39 is 41.7 Å². The number of aliphatic hydroxyl groups is 1. The van der Waals surface area contributed by atoms with Gasteiger partial charge in [-0.1, -0.05) is 58.8 Å². The van der Waals surface area contributed by atoms with Gasteiger partial charge in [-0.3, -0.25) is 10.2 Å². The molecule has 1 aliphatic rings. The number of hydrazine groups is 1. The molecule has 0 saturated heterocycles. The van der Waals surface area contributed by atoms with E-state index in [0.29, 0.717) is 40.5 Å². The minimum absolute atomic E-state index is 0.0378. The average molecular weight is 718 g/mol. The molecule has 1 heterocycles. The maximum atomic E-state index is 14.6. The zero-order chi connectivity index (χ0) is 37.1. The Hall–Kier alpha value is -6.12. The molecule has 2 atom stereocenters. The van der Waals surface area contributed by atoms with Crippen LogP contribution in [0.2, 0.25) is 0 Å². The van der Waals surface area contributed by atoms with Crippen LogP contribution >= 0.6 is 0 Å². The molecule has 0 radical (unpaired) electrons. The molecule has 17 heteroatoms. The van der Waals surface area contributed by atoms with Crippen molar-refractivity contribution in [3.05, 3.63) is 151 Å². The van der Waals surface area contributed by atoms with Crippen LogP contribution in [0.15, 0.2) is 106 Å². The number of ether oxygens (including phenoxy) is 2. The monoisotopic (exact) mass is 717 g/mol. The van der Waals surface area contributed by atoms with Gasteiger partial charge in [-0.05, 0) is 75.8 Å². The second kappa shape index (κ2) is 16.7. The number of benzene rings is 4. The van der Waals surface area contributed by atoms with Gasteiger partial charge in [0.2, 0.25) is 5.90 Å². The Kier molecular flexibility index (Phi) is 11.9. The van der Waals surface area contributed by atoms with Crippen molar-refractivity contribution >= 4 is 17.5 Å². The first kappa shape index (κ1) is 37.1. The van der Waals surface area contributed by atoms with Gasteiger partial charge in [0.05, 0.1) is 18.7 Å². The van der Waals surface area contributed by atoms with Crippen molar-refractivity contribution in [1.82, 2.24) is 10.9 Å². The Morgan fingerprint density at radius 3 is 2.44 bits per heavy atom. The van der Waals surface area contributed by atoms with Gasteiger partial charge in [0.15, 0.2) is 11.6 Å². The van der Waals surface area contributed by atoms with E-state index in [4.69, 9.17) is 25.1 Å². The van der Waals surface area contributed by atoms with Gasteiger partial charge < -0.3 is 14.6 Å². The molecule has 4 aromatic rings. The van der Waals surface area contributed by atoms with Crippen LogP contribution in [0.25, 0.3) is 20.9 Å². The Morgan fingerprint density at radius 1 is 1.00 bits per heavy atom. The number of aliphatic imine (C=N–C) groups is 1. The van der Waals surface area contributed by atoms with Gasteiger partial charge in [0.25, 0.3) is 5.91 Å². The van der Waals surface area contributed by atoms with Gasteiger partial charge in [-0.15, -0.1) is 0 Å². The smallest absolute Gasteiger partial charge is 0.416 e. The quantitative estimate of drug-likeness (QED) is 0.0283. The molecule has 0 saturated carbocycles. The third-order valence-electron chi connectivity index (χ3n) is 8.06. The van der Waals surface area contributed by atoms with Crippen LogP contribution in [0.4, 0.5) is 23.2 Å². The number of nitrogens with zero attached hydrogens (tertiary/aromatic N) is 7. The fourth-order valence-electron chi connectivity index (χ4n) is 5.65. The van der Waals surface area contributed by atoms with E-state index in [2.05, 4.69) is 30.9 Å². The number of hydrogen-bond donors (Lipinski definition) is 3. The topological polar surface area (TPSA) is 190 Å². The van der Waals surface area contributed by atoms with Crippen LogP contribution in [0, 0.1) is 5.82 Å². The maximum absolute atomic E-state index is 14.6. The number of hydrogen-bond acceptors (Lipinski definition) is 8. The molecule has 5 rings (SSSR count). The van der Waals surface area contributed by atoms with Crippen molar-refractivity contribution in [1.29, 1.82) is 0 Å². The Morgan fingerprint density at radius 2 is 1.73 bits per heavy atom. The van der Waals surface area contributed by atoms with E-state index in [1.807, 2.05) is 0 Å². The highest BCUT2D eigenvalue weighted by molar-refractivity contribution is 6.01. The lowest BCUT2D eigenvalue weighted by atomic mass is 9.80. The molecular weight excluding hydrogens is 686 g/mol. The molecule has 3 N–H and O–H groups in total. The first-order chi connectivity index (χ1) is 25.1.